The summed E-state index contributed by atoms with van der Waals surface area (Å²) < 4.78 is 39.1. The third kappa shape index (κ3) is 5.07. The molecule has 2 aromatic carbocycles. The number of benzene rings is 2. The molecule has 2 aromatic rings. The molecule has 26 heavy (non-hydrogen) atoms. The van der Waals surface area contributed by atoms with Crippen LogP contribution in [0.25, 0.3) is 0 Å². The highest BCUT2D eigenvalue weighted by Gasteiger charge is 2.33. The Balaban J connectivity index is 1.69. The number of alkyl halides is 2. The second-order valence-electron chi connectivity index (χ2n) is 6.52. The standard InChI is InChI=1S/C20H22F2INO2/c1-25-18-12-16(13-24-9-7-20(21,22)8-10-24)11-17(23)19(18)26-14-15-5-3-2-4-6-15/h2-6,11-12H,7-10,13-14H2,1H3. The van der Waals surface area contributed by atoms with Crippen molar-refractivity contribution in [2.24, 2.45) is 0 Å². The van der Waals surface area contributed by atoms with Gasteiger partial charge < -0.3 is 9.47 Å². The van der Waals surface area contributed by atoms with Crippen molar-refractivity contribution in [2.45, 2.75) is 31.9 Å². The fourth-order valence-electron chi connectivity index (χ4n) is 3.03. The highest BCUT2D eigenvalue weighted by molar-refractivity contribution is 14.1. The van der Waals surface area contributed by atoms with Gasteiger partial charge in [-0.1, -0.05) is 30.3 Å². The molecule has 0 atom stereocenters. The maximum absolute atomic E-state index is 13.3. The number of hydrogen-bond acceptors (Lipinski definition) is 3. The van der Waals surface area contributed by atoms with Crippen LogP contribution < -0.4 is 9.47 Å². The molecular formula is C20H22F2INO2. The minimum atomic E-state index is -2.52. The SMILES string of the molecule is COc1cc(CN2CCC(F)(F)CC2)cc(I)c1OCc1ccccc1. The van der Waals surface area contributed by atoms with Crippen molar-refractivity contribution in [3.05, 3.63) is 57.2 Å². The molecule has 0 N–H and O–H groups in total. The maximum Gasteiger partial charge on any atom is 0.250 e. The molecular weight excluding hydrogens is 451 g/mol. The van der Waals surface area contributed by atoms with Crippen LogP contribution in [-0.2, 0) is 13.2 Å². The van der Waals surface area contributed by atoms with Crippen LogP contribution in [-0.4, -0.2) is 31.0 Å². The van der Waals surface area contributed by atoms with E-state index in [1.807, 2.05) is 42.5 Å². The van der Waals surface area contributed by atoms with Crippen LogP contribution in [0.1, 0.15) is 24.0 Å². The van der Waals surface area contributed by atoms with Gasteiger partial charge in [0.15, 0.2) is 11.5 Å². The van der Waals surface area contributed by atoms with Crippen LogP contribution in [0.3, 0.4) is 0 Å². The van der Waals surface area contributed by atoms with Crippen molar-refractivity contribution in [3.63, 3.8) is 0 Å². The first-order valence-electron chi connectivity index (χ1n) is 8.60. The lowest BCUT2D eigenvalue weighted by Crippen LogP contribution is -2.38. The van der Waals surface area contributed by atoms with Gasteiger partial charge in [0, 0.05) is 32.5 Å². The van der Waals surface area contributed by atoms with Gasteiger partial charge in [0.1, 0.15) is 6.61 Å². The van der Waals surface area contributed by atoms with E-state index >= 15 is 0 Å². The molecule has 6 heteroatoms. The number of halogens is 3. The summed E-state index contributed by atoms with van der Waals surface area (Å²) in [7, 11) is 1.62. The minimum absolute atomic E-state index is 0.0699. The van der Waals surface area contributed by atoms with E-state index in [9.17, 15) is 8.78 Å². The Morgan fingerprint density at radius 3 is 2.42 bits per heavy atom. The summed E-state index contributed by atoms with van der Waals surface area (Å²) in [6.07, 6.45) is -0.140. The molecule has 1 fully saturated rings. The van der Waals surface area contributed by atoms with E-state index in [1.165, 1.54) is 0 Å². The average Bonchev–Trinajstić information content (AvgIpc) is 2.63. The number of nitrogens with zero attached hydrogens (tertiary/aromatic N) is 1. The first kappa shape index (κ1) is 19.4. The second kappa shape index (κ2) is 8.52. The molecule has 0 unspecified atom stereocenters. The van der Waals surface area contributed by atoms with Gasteiger partial charge in [-0.15, -0.1) is 0 Å². The summed E-state index contributed by atoms with van der Waals surface area (Å²) in [5.74, 6) is -1.13. The van der Waals surface area contributed by atoms with Gasteiger partial charge >= 0.3 is 0 Å². The lowest BCUT2D eigenvalue weighted by molar-refractivity contribution is -0.0566. The van der Waals surface area contributed by atoms with E-state index in [2.05, 4.69) is 27.5 Å². The Morgan fingerprint density at radius 2 is 1.77 bits per heavy atom. The summed E-state index contributed by atoms with van der Waals surface area (Å²) in [5.41, 5.74) is 2.13. The van der Waals surface area contributed by atoms with Gasteiger partial charge in [-0.2, -0.15) is 0 Å². The fourth-order valence-corrected chi connectivity index (χ4v) is 3.85. The normalized spacial score (nSPS) is 17.1. The lowest BCUT2D eigenvalue weighted by atomic mass is 10.1. The third-order valence-electron chi connectivity index (χ3n) is 4.51. The van der Waals surface area contributed by atoms with Crippen molar-refractivity contribution in [3.8, 4) is 11.5 Å². The van der Waals surface area contributed by atoms with Crippen molar-refractivity contribution in [1.29, 1.82) is 0 Å². The zero-order chi connectivity index (χ0) is 18.6. The monoisotopic (exact) mass is 473 g/mol. The van der Waals surface area contributed by atoms with Crippen LogP contribution in [0, 0.1) is 3.57 Å². The van der Waals surface area contributed by atoms with Gasteiger partial charge in [-0.3, -0.25) is 4.90 Å². The number of methoxy groups -OCH3 is 1. The molecule has 1 aliphatic rings. The highest BCUT2D eigenvalue weighted by Crippen LogP contribution is 2.35. The molecule has 3 nitrogen and oxygen atoms in total. The number of hydrogen-bond donors (Lipinski definition) is 0. The zero-order valence-corrected chi connectivity index (χ0v) is 16.8. The summed E-state index contributed by atoms with van der Waals surface area (Å²) >= 11 is 2.23. The van der Waals surface area contributed by atoms with Gasteiger partial charge in [0.25, 0.3) is 5.92 Å². The number of piperidine rings is 1. The van der Waals surface area contributed by atoms with Crippen molar-refractivity contribution < 1.29 is 18.3 Å². The summed E-state index contributed by atoms with van der Waals surface area (Å²) in [6.45, 7) is 1.94. The van der Waals surface area contributed by atoms with E-state index in [-0.39, 0.29) is 12.8 Å². The van der Waals surface area contributed by atoms with Gasteiger partial charge in [-0.25, -0.2) is 8.78 Å². The molecule has 0 saturated carbocycles. The Hall–Kier alpha value is -1.41. The fraction of sp³-hybridized carbons (Fsp3) is 0.400. The number of rotatable bonds is 6. The molecule has 0 aliphatic carbocycles. The van der Waals surface area contributed by atoms with Crippen LogP contribution in [0.4, 0.5) is 8.78 Å². The highest BCUT2D eigenvalue weighted by atomic mass is 127. The summed E-state index contributed by atoms with van der Waals surface area (Å²) in [5, 5.41) is 0. The van der Waals surface area contributed by atoms with E-state index in [0.717, 1.165) is 14.7 Å². The van der Waals surface area contributed by atoms with Gasteiger partial charge in [0.2, 0.25) is 0 Å². The Kier molecular flexibility index (Phi) is 6.34. The first-order chi connectivity index (χ1) is 12.5. The van der Waals surface area contributed by atoms with Crippen molar-refractivity contribution >= 4 is 22.6 Å². The van der Waals surface area contributed by atoms with Crippen molar-refractivity contribution in [1.82, 2.24) is 4.90 Å². The Morgan fingerprint density at radius 1 is 1.08 bits per heavy atom. The lowest BCUT2D eigenvalue weighted by Gasteiger charge is -2.31. The predicted molar refractivity (Wildman–Crippen MR) is 106 cm³/mol. The minimum Gasteiger partial charge on any atom is -0.493 e. The largest absolute Gasteiger partial charge is 0.493 e. The summed E-state index contributed by atoms with van der Waals surface area (Å²) in [6, 6.07) is 13.9. The van der Waals surface area contributed by atoms with Gasteiger partial charge in [0.05, 0.1) is 10.7 Å². The average molecular weight is 473 g/mol. The predicted octanol–water partition coefficient (Wildman–Crippen LogP) is 5.11. The Labute approximate surface area is 166 Å². The van der Waals surface area contributed by atoms with Gasteiger partial charge in [-0.05, 0) is 45.9 Å². The molecule has 0 bridgehead atoms. The molecule has 0 aromatic heterocycles. The molecule has 1 aliphatic heterocycles. The van der Waals surface area contributed by atoms with Crippen LogP contribution >= 0.6 is 22.6 Å². The molecule has 3 rings (SSSR count). The molecule has 0 amide bonds. The Bertz CT molecular complexity index is 730. The number of likely N-dealkylation sites (tertiary alicyclic amines) is 1. The van der Waals surface area contributed by atoms with Crippen LogP contribution in [0.5, 0.6) is 11.5 Å². The van der Waals surface area contributed by atoms with E-state index in [0.29, 0.717) is 37.7 Å². The van der Waals surface area contributed by atoms with Crippen LogP contribution in [0.2, 0.25) is 0 Å². The summed E-state index contributed by atoms with van der Waals surface area (Å²) in [4.78, 5) is 2.06. The molecule has 1 heterocycles. The molecule has 1 saturated heterocycles. The van der Waals surface area contributed by atoms with E-state index in [4.69, 9.17) is 9.47 Å². The third-order valence-corrected chi connectivity index (χ3v) is 5.31. The van der Waals surface area contributed by atoms with Crippen molar-refractivity contribution in [2.75, 3.05) is 20.2 Å². The van der Waals surface area contributed by atoms with E-state index in [1.54, 1.807) is 7.11 Å². The second-order valence-corrected chi connectivity index (χ2v) is 7.68. The smallest absolute Gasteiger partial charge is 0.250 e. The molecule has 0 spiro atoms. The van der Waals surface area contributed by atoms with Crippen LogP contribution in [0.15, 0.2) is 42.5 Å². The molecule has 0 radical (unpaired) electrons. The maximum atomic E-state index is 13.3. The first-order valence-corrected chi connectivity index (χ1v) is 9.68. The topological polar surface area (TPSA) is 21.7 Å². The van der Waals surface area contributed by atoms with E-state index < -0.39 is 5.92 Å². The molecule has 140 valence electrons. The number of ether oxygens (including phenoxy) is 2. The quantitative estimate of drug-likeness (QED) is 0.545. The zero-order valence-electron chi connectivity index (χ0n) is 14.7.